The summed E-state index contributed by atoms with van der Waals surface area (Å²) in [4.78, 5) is 23.0. The molecule has 0 aromatic heterocycles. The van der Waals surface area contributed by atoms with Gasteiger partial charge in [0.1, 0.15) is 12.6 Å². The summed E-state index contributed by atoms with van der Waals surface area (Å²) in [5.41, 5.74) is 0.724. The average molecular weight is 234 g/mol. The van der Waals surface area contributed by atoms with E-state index in [4.69, 9.17) is 4.74 Å². The Morgan fingerprint density at radius 1 is 1.41 bits per heavy atom. The van der Waals surface area contributed by atoms with Gasteiger partial charge in [0, 0.05) is 12.2 Å². The number of amides is 1. The van der Waals surface area contributed by atoms with Gasteiger partial charge in [0.25, 0.3) is 0 Å². The molecule has 1 aliphatic rings. The van der Waals surface area contributed by atoms with E-state index in [1.54, 1.807) is 12.1 Å². The van der Waals surface area contributed by atoms with Gasteiger partial charge in [-0.25, -0.2) is 0 Å². The topological polar surface area (TPSA) is 67.4 Å². The van der Waals surface area contributed by atoms with Gasteiger partial charge in [0.15, 0.2) is 0 Å². The monoisotopic (exact) mass is 234 g/mol. The molecule has 1 amide bonds. The molecule has 1 fully saturated rings. The second-order valence-corrected chi connectivity index (χ2v) is 3.79. The Morgan fingerprint density at radius 3 is 2.88 bits per heavy atom. The highest BCUT2D eigenvalue weighted by Crippen LogP contribution is 2.07. The van der Waals surface area contributed by atoms with E-state index in [-0.39, 0.29) is 18.3 Å². The van der Waals surface area contributed by atoms with Gasteiger partial charge in [-0.3, -0.25) is 9.59 Å². The van der Waals surface area contributed by atoms with Crippen LogP contribution in [0.5, 0.6) is 0 Å². The molecule has 5 nitrogen and oxygen atoms in total. The van der Waals surface area contributed by atoms with E-state index < -0.39 is 6.04 Å². The minimum Gasteiger partial charge on any atom is -0.463 e. The zero-order valence-electron chi connectivity index (χ0n) is 9.31. The van der Waals surface area contributed by atoms with Crippen molar-refractivity contribution < 1.29 is 14.3 Å². The van der Waals surface area contributed by atoms with Gasteiger partial charge in [-0.2, -0.15) is 0 Å². The highest BCUT2D eigenvalue weighted by Gasteiger charge is 2.25. The maximum atomic E-state index is 11.7. The number of anilines is 1. The fourth-order valence-corrected chi connectivity index (χ4v) is 1.64. The molecule has 0 saturated carbocycles. The smallest absolute Gasteiger partial charge is 0.323 e. The number of nitrogens with one attached hydrogen (secondary N) is 2. The number of hydrogen-bond donors (Lipinski definition) is 2. The number of ether oxygens (including phenoxy) is 1. The summed E-state index contributed by atoms with van der Waals surface area (Å²) in [5, 5.41) is 5.67. The van der Waals surface area contributed by atoms with Crippen LogP contribution in [0.1, 0.15) is 6.42 Å². The van der Waals surface area contributed by atoms with Crippen LogP contribution in [0.2, 0.25) is 0 Å². The lowest BCUT2D eigenvalue weighted by Gasteiger charge is -2.21. The third kappa shape index (κ3) is 3.29. The third-order valence-electron chi connectivity index (χ3n) is 2.47. The van der Waals surface area contributed by atoms with E-state index in [1.807, 2.05) is 18.2 Å². The lowest BCUT2D eigenvalue weighted by atomic mass is 10.1. The molecular weight excluding hydrogens is 220 g/mol. The summed E-state index contributed by atoms with van der Waals surface area (Å²) < 4.78 is 4.86. The molecule has 90 valence electrons. The van der Waals surface area contributed by atoms with Crippen molar-refractivity contribution in [1.82, 2.24) is 5.32 Å². The molecule has 1 unspecified atom stereocenters. The number of carbonyl (C=O) groups excluding carboxylic acids is 2. The van der Waals surface area contributed by atoms with Crippen LogP contribution < -0.4 is 10.6 Å². The minimum absolute atomic E-state index is 0.0910. The normalized spacial score (nSPS) is 19.5. The maximum absolute atomic E-state index is 11.7. The molecule has 1 aromatic carbocycles. The summed E-state index contributed by atoms with van der Waals surface area (Å²) in [6, 6.07) is 8.60. The number of esters is 1. The van der Waals surface area contributed by atoms with Crippen molar-refractivity contribution in [1.29, 1.82) is 0 Å². The molecule has 1 heterocycles. The van der Waals surface area contributed by atoms with Gasteiger partial charge in [-0.05, 0) is 12.1 Å². The molecule has 1 aromatic rings. The van der Waals surface area contributed by atoms with Crippen LogP contribution in [0.4, 0.5) is 5.69 Å². The Kier molecular flexibility index (Phi) is 3.72. The molecule has 1 aliphatic heterocycles. The fraction of sp³-hybridized carbons (Fsp3) is 0.333. The molecule has 0 bridgehead atoms. The van der Waals surface area contributed by atoms with Crippen LogP contribution in [0.25, 0.3) is 0 Å². The summed E-state index contributed by atoms with van der Waals surface area (Å²) in [6.45, 7) is 0.963. The fourth-order valence-electron chi connectivity index (χ4n) is 1.64. The molecule has 0 spiro atoms. The quantitative estimate of drug-likeness (QED) is 0.749. The van der Waals surface area contributed by atoms with Crippen LogP contribution >= 0.6 is 0 Å². The second-order valence-electron chi connectivity index (χ2n) is 3.79. The number of cyclic esters (lactones) is 1. The predicted octanol–water partition coefficient (Wildman–Crippen LogP) is 0.530. The number of morpholine rings is 1. The summed E-state index contributed by atoms with van der Waals surface area (Å²) in [7, 11) is 0. The van der Waals surface area contributed by atoms with E-state index in [1.165, 1.54) is 0 Å². The Morgan fingerprint density at radius 2 is 2.18 bits per heavy atom. The molecule has 17 heavy (non-hydrogen) atoms. The highest BCUT2D eigenvalue weighted by atomic mass is 16.5. The number of hydrogen-bond acceptors (Lipinski definition) is 4. The largest absolute Gasteiger partial charge is 0.463 e. The van der Waals surface area contributed by atoms with Crippen molar-refractivity contribution in [3.63, 3.8) is 0 Å². The van der Waals surface area contributed by atoms with Crippen molar-refractivity contribution in [3.05, 3.63) is 30.3 Å². The predicted molar refractivity (Wildman–Crippen MR) is 62.4 cm³/mol. The Bertz CT molecular complexity index is 405. The molecule has 1 atom stereocenters. The zero-order valence-corrected chi connectivity index (χ0v) is 9.31. The van der Waals surface area contributed by atoms with Crippen LogP contribution in [0, 0.1) is 0 Å². The summed E-state index contributed by atoms with van der Waals surface area (Å²) in [6.07, 6.45) is 0.0910. The van der Waals surface area contributed by atoms with Crippen molar-refractivity contribution in [2.24, 2.45) is 0 Å². The molecule has 0 aliphatic carbocycles. The molecular formula is C12H14N2O3. The SMILES string of the molecule is O=C(CC1NCCOC1=O)Nc1ccccc1. The number of rotatable bonds is 3. The molecule has 1 saturated heterocycles. The van der Waals surface area contributed by atoms with Gasteiger partial charge in [0.2, 0.25) is 5.91 Å². The van der Waals surface area contributed by atoms with Crippen molar-refractivity contribution in [3.8, 4) is 0 Å². The lowest BCUT2D eigenvalue weighted by molar-refractivity contribution is -0.150. The summed E-state index contributed by atoms with van der Waals surface area (Å²) in [5.74, 6) is -0.563. The van der Waals surface area contributed by atoms with Crippen molar-refractivity contribution in [2.75, 3.05) is 18.5 Å². The Balaban J connectivity index is 1.87. The first kappa shape index (κ1) is 11.6. The van der Waals surface area contributed by atoms with Gasteiger partial charge in [0.05, 0.1) is 6.42 Å². The van der Waals surface area contributed by atoms with E-state index >= 15 is 0 Å². The summed E-state index contributed by atoms with van der Waals surface area (Å²) >= 11 is 0. The molecule has 0 radical (unpaired) electrons. The van der Waals surface area contributed by atoms with Gasteiger partial charge in [-0.1, -0.05) is 18.2 Å². The molecule has 2 N–H and O–H groups in total. The second kappa shape index (κ2) is 5.45. The number of benzene rings is 1. The van der Waals surface area contributed by atoms with Crippen LogP contribution in [-0.4, -0.2) is 31.1 Å². The molecule has 2 rings (SSSR count). The third-order valence-corrected chi connectivity index (χ3v) is 2.47. The van der Waals surface area contributed by atoms with Crippen LogP contribution in [-0.2, 0) is 14.3 Å². The van der Waals surface area contributed by atoms with Crippen molar-refractivity contribution >= 4 is 17.6 Å². The molecule has 5 heteroatoms. The Hall–Kier alpha value is -1.88. The minimum atomic E-state index is -0.535. The first-order valence-electron chi connectivity index (χ1n) is 5.50. The van der Waals surface area contributed by atoms with Gasteiger partial charge in [-0.15, -0.1) is 0 Å². The lowest BCUT2D eigenvalue weighted by Crippen LogP contribution is -2.47. The Labute approximate surface area is 99.2 Å². The van der Waals surface area contributed by atoms with E-state index in [9.17, 15) is 9.59 Å². The number of carbonyl (C=O) groups is 2. The van der Waals surface area contributed by atoms with Crippen LogP contribution in [0.15, 0.2) is 30.3 Å². The first-order valence-corrected chi connectivity index (χ1v) is 5.50. The zero-order chi connectivity index (χ0) is 12.1. The first-order chi connectivity index (χ1) is 8.25. The van der Waals surface area contributed by atoms with E-state index in [2.05, 4.69) is 10.6 Å². The average Bonchev–Trinajstić information content (AvgIpc) is 2.33. The highest BCUT2D eigenvalue weighted by molar-refractivity contribution is 5.94. The van der Waals surface area contributed by atoms with Gasteiger partial charge < -0.3 is 15.4 Å². The van der Waals surface area contributed by atoms with Crippen LogP contribution in [0.3, 0.4) is 0 Å². The maximum Gasteiger partial charge on any atom is 0.323 e. The van der Waals surface area contributed by atoms with Gasteiger partial charge >= 0.3 is 5.97 Å². The number of para-hydroxylation sites is 1. The van der Waals surface area contributed by atoms with E-state index in [0.29, 0.717) is 13.2 Å². The standard InChI is InChI=1S/C12H14N2O3/c15-11(14-9-4-2-1-3-5-9)8-10-12(16)17-7-6-13-10/h1-5,10,13H,6-8H2,(H,14,15). The van der Waals surface area contributed by atoms with E-state index in [0.717, 1.165) is 5.69 Å². The van der Waals surface area contributed by atoms with Crippen molar-refractivity contribution in [2.45, 2.75) is 12.5 Å².